The van der Waals surface area contributed by atoms with Gasteiger partial charge in [-0.1, -0.05) is 199 Å². The van der Waals surface area contributed by atoms with Gasteiger partial charge in [-0.2, -0.15) is 13.2 Å². The first-order valence-electron chi connectivity index (χ1n) is 39.7. The molecule has 2 fully saturated rings. The first-order valence-corrected chi connectivity index (χ1v) is 41.8. The summed E-state index contributed by atoms with van der Waals surface area (Å²) in [5, 5.41) is 40.5. The second-order valence-corrected chi connectivity index (χ2v) is 33.5. The van der Waals surface area contributed by atoms with Gasteiger partial charge in [-0.15, -0.1) is 22.7 Å². The van der Waals surface area contributed by atoms with Crippen LogP contribution in [0.1, 0.15) is 147 Å². The zero-order chi connectivity index (χ0) is 84.3. The highest BCUT2D eigenvalue weighted by molar-refractivity contribution is 7.10. The second-order valence-electron chi connectivity index (χ2n) is 31.2. The molecule has 9 atom stereocenters. The number of ether oxygens (including phenoxy) is 3. The van der Waals surface area contributed by atoms with Gasteiger partial charge in [-0.05, 0) is 153 Å². The van der Waals surface area contributed by atoms with Gasteiger partial charge in [0, 0.05) is 67.0 Å². The fraction of sp³-hybridized carbons (Fsp3) is 0.433. The monoisotopic (exact) mass is 1660 g/mol. The van der Waals surface area contributed by atoms with Gasteiger partial charge in [-0.25, -0.2) is 24.2 Å². The summed E-state index contributed by atoms with van der Waals surface area (Å²) in [7, 11) is 1.70. The van der Waals surface area contributed by atoms with E-state index in [4.69, 9.17) is 21.1 Å². The van der Waals surface area contributed by atoms with Crippen LogP contribution in [0.25, 0.3) is 0 Å². The lowest BCUT2D eigenvalue weighted by Crippen LogP contribution is -2.55. The van der Waals surface area contributed by atoms with Crippen molar-refractivity contribution in [1.82, 2.24) is 41.0 Å². The van der Waals surface area contributed by atoms with Crippen LogP contribution in [0.4, 0.5) is 38.0 Å². The highest BCUT2D eigenvalue weighted by Crippen LogP contribution is 2.48. The van der Waals surface area contributed by atoms with Crippen LogP contribution in [0.15, 0.2) is 175 Å². The van der Waals surface area contributed by atoms with Crippen LogP contribution >= 0.6 is 34.3 Å². The minimum Gasteiger partial charge on any atom is -0.483 e. The van der Waals surface area contributed by atoms with E-state index in [2.05, 4.69) is 67.0 Å². The number of nitrogens with zero attached hydrogens (tertiary/aromatic N) is 4. The van der Waals surface area contributed by atoms with Crippen molar-refractivity contribution < 1.29 is 71.2 Å². The van der Waals surface area contributed by atoms with Gasteiger partial charge in [0.25, 0.3) is 11.5 Å². The summed E-state index contributed by atoms with van der Waals surface area (Å²) in [6.45, 7) is 17.2. The number of amides is 7. The standard InChI is InChI=1S/C38H49N5O5S2.C38H49N3O5.C14H9ClF3NO2/c1-25(2)35(42-37(46)43(5)21-30-23-49-36(40-30)26(3)4)34(45)19-29(16-27-12-8-6-9-13-27)18-33(44)32(17-28-14-10-7-11-15-28)41-38(47)48-22-31-20-39-24-50-31;1-26(2)36(41-20-12-19-39-38(41)45)34(43)24-31(21-29-15-7-5-8-16-29)23-33(42)32(22-30-17-9-6-10-18-30)40-35(44)25-46-37-27(3)13-11-14-28(37)4;15-9-3-4-11-10(7-9)13(14(16,17)18,21-12(20)19-11)6-5-8-1-2-8/h6-15,20,23-26,29,32-33,35,44H,16-19,21-22H2,1-5H3,(H,41,47)(H,42,46);5-11,13-18,26,31-33,36,42H,12,19-25H2,1-4H3,(H,39,45)(H,40,44);3-4,7-8H,1-2H2,(H,19,20)/t29-,32-,33-,35-;;/m0../s1. The Hall–Kier alpha value is -10.2. The van der Waals surface area contributed by atoms with E-state index in [-0.39, 0.29) is 108 Å². The van der Waals surface area contributed by atoms with Crippen molar-refractivity contribution in [1.29, 1.82) is 0 Å². The van der Waals surface area contributed by atoms with E-state index < -0.39 is 60.3 Å². The number of aryl methyl sites for hydroxylation is 2. The van der Waals surface area contributed by atoms with E-state index >= 15 is 0 Å². The quantitative estimate of drug-likeness (QED) is 0.0185. The fourth-order valence-electron chi connectivity index (χ4n) is 14.3. The van der Waals surface area contributed by atoms with Crippen molar-refractivity contribution in [2.75, 3.05) is 32.1 Å². The number of fused-ring (bicyclic) bond motifs is 1. The van der Waals surface area contributed by atoms with Crippen LogP contribution in [0.2, 0.25) is 5.02 Å². The van der Waals surface area contributed by atoms with Crippen LogP contribution in [-0.2, 0) is 68.3 Å². The topological polar surface area (TPSA) is 280 Å². The average molecular weight is 1660 g/mol. The molecule has 1 saturated heterocycles. The summed E-state index contributed by atoms with van der Waals surface area (Å²) in [6, 6.07) is 45.7. The molecule has 11 rings (SSSR count). The van der Waals surface area contributed by atoms with E-state index in [0.717, 1.165) is 74.3 Å². The molecule has 2 aliphatic heterocycles. The third-order valence-electron chi connectivity index (χ3n) is 20.4. The van der Waals surface area contributed by atoms with Crippen molar-refractivity contribution in [2.45, 2.75) is 193 Å². The summed E-state index contributed by atoms with van der Waals surface area (Å²) in [5.74, 6) is 4.46. The van der Waals surface area contributed by atoms with Gasteiger partial charge in [0.2, 0.25) is 0 Å². The third kappa shape index (κ3) is 27.7. The molecule has 3 aliphatic rings. The molecule has 624 valence electrons. The molecule has 8 aromatic rings. The molecule has 0 spiro atoms. The van der Waals surface area contributed by atoms with Crippen molar-refractivity contribution in [2.24, 2.45) is 29.6 Å². The number of nitrogens with one attached hydrogen (secondary N) is 5. The lowest BCUT2D eigenvalue weighted by Gasteiger charge is -2.37. The molecule has 27 heteroatoms. The molecule has 4 heterocycles. The number of Topliss-reactive ketones (excluding diaryl/α,β-unsaturated/α-hetero) is 2. The first-order chi connectivity index (χ1) is 55.9. The number of carbonyl (C=O) groups excluding carboxylic acids is 7. The zero-order valence-electron chi connectivity index (χ0n) is 67.6. The maximum atomic E-state index is 14.0. The number of aromatic nitrogens is 2. The van der Waals surface area contributed by atoms with Crippen LogP contribution in [0, 0.1) is 55.3 Å². The average Bonchev–Trinajstić information content (AvgIpc) is 1.36. The predicted octanol–water partition coefficient (Wildman–Crippen LogP) is 16.5. The Kier molecular flexibility index (Phi) is 34.0. The Morgan fingerprint density at radius 2 is 1.28 bits per heavy atom. The molecule has 0 radical (unpaired) electrons. The Labute approximate surface area is 696 Å². The molecule has 2 aromatic heterocycles. The number of ketones is 2. The summed E-state index contributed by atoms with van der Waals surface area (Å²) in [6.07, 6.45) is -1.84. The molecule has 117 heavy (non-hydrogen) atoms. The summed E-state index contributed by atoms with van der Waals surface area (Å²) >= 11 is 8.75. The Balaban J connectivity index is 0.000000215. The molecule has 0 bridgehead atoms. The molecular weight excluding hydrogens is 1560 g/mol. The smallest absolute Gasteiger partial charge is 0.445 e. The van der Waals surface area contributed by atoms with E-state index in [0.29, 0.717) is 63.4 Å². The van der Waals surface area contributed by atoms with Crippen LogP contribution in [-0.4, -0.2) is 141 Å². The van der Waals surface area contributed by atoms with Crippen molar-refractivity contribution in [3.8, 4) is 17.6 Å². The van der Waals surface area contributed by atoms with Crippen LogP contribution in [0.5, 0.6) is 5.75 Å². The van der Waals surface area contributed by atoms with E-state index in [9.17, 15) is 56.9 Å². The lowest BCUT2D eigenvalue weighted by atomic mass is 9.83. The number of alkyl carbamates (subject to hydrolysis) is 1. The minimum atomic E-state index is -4.87. The second kappa shape index (κ2) is 43.9. The number of thiazole rings is 2. The SMILES string of the molecule is CC(C)c1nc(CN(C)C(=O)N[C@H](C(=O)C[C@@H](Cc2ccccc2)C[C@H](O)[C@H](Cc2ccccc2)NC(=O)OCc2cncs2)C(C)C)cs1.Cc1cccc(C)c1OCC(=O)NC(Cc1ccccc1)C(O)CC(CC(=O)C(C(C)C)N1CCCNC1=O)Cc1ccccc1.O=C1Nc2ccc(Cl)cc2C(C#CC2CC2)(C(F)(F)F)O1. The largest absolute Gasteiger partial charge is 0.483 e. The Morgan fingerprint density at radius 1 is 0.726 bits per heavy atom. The Morgan fingerprint density at radius 3 is 1.79 bits per heavy atom. The van der Waals surface area contributed by atoms with Gasteiger partial charge in [-0.3, -0.25) is 24.7 Å². The number of urea groups is 2. The summed E-state index contributed by atoms with van der Waals surface area (Å²) in [4.78, 5) is 104. The number of cyclic esters (lactones) is 1. The van der Waals surface area contributed by atoms with Crippen LogP contribution in [0.3, 0.4) is 0 Å². The predicted molar refractivity (Wildman–Crippen MR) is 449 cm³/mol. The lowest BCUT2D eigenvalue weighted by molar-refractivity contribution is -0.239. The normalized spacial score (nSPS) is 16.5. The number of rotatable bonds is 34. The third-order valence-corrected chi connectivity index (χ3v) is 22.6. The molecule has 21 nitrogen and oxygen atoms in total. The molecule has 5 unspecified atom stereocenters. The number of carbonyl (C=O) groups is 7. The number of aliphatic hydroxyl groups is 2. The maximum Gasteiger partial charge on any atom is 0.445 e. The number of hydrogen-bond acceptors (Lipinski definition) is 16. The molecule has 7 N–H and O–H groups in total. The highest BCUT2D eigenvalue weighted by Gasteiger charge is 2.62. The number of alkyl halides is 3. The van der Waals surface area contributed by atoms with Crippen molar-refractivity contribution in [3.05, 3.63) is 234 Å². The molecule has 1 saturated carbocycles. The maximum absolute atomic E-state index is 14.0. The highest BCUT2D eigenvalue weighted by atomic mass is 35.5. The molecule has 1 aliphatic carbocycles. The zero-order valence-corrected chi connectivity index (χ0v) is 70.0. The summed E-state index contributed by atoms with van der Waals surface area (Å²) < 4.78 is 56.7. The van der Waals surface area contributed by atoms with Gasteiger partial charge < -0.3 is 55.5 Å². The number of aliphatic hydroxyl groups excluding tert-OH is 2. The molecule has 6 aromatic carbocycles. The van der Waals surface area contributed by atoms with Gasteiger partial charge >= 0.3 is 30.4 Å². The van der Waals surface area contributed by atoms with Gasteiger partial charge in [0.1, 0.15) is 12.4 Å². The van der Waals surface area contributed by atoms with Crippen molar-refractivity contribution in [3.63, 3.8) is 0 Å². The Bertz CT molecular complexity index is 4590. The van der Waals surface area contributed by atoms with Crippen LogP contribution < -0.4 is 31.3 Å². The number of anilines is 1. The molecular formula is C90H107ClF3N9O12S2. The molecule has 7 amide bonds. The van der Waals surface area contributed by atoms with Crippen molar-refractivity contribution >= 4 is 81.7 Å². The number of para-hydroxylation sites is 1. The number of hydrogen-bond donors (Lipinski definition) is 7. The van der Waals surface area contributed by atoms with Gasteiger partial charge in [0.15, 0.2) is 18.2 Å². The summed E-state index contributed by atoms with van der Waals surface area (Å²) in [5.41, 5.74) is 5.13. The van der Waals surface area contributed by atoms with E-state index in [1.165, 1.54) is 23.5 Å². The van der Waals surface area contributed by atoms with E-state index in [1.54, 1.807) is 39.9 Å². The van der Waals surface area contributed by atoms with E-state index in [1.807, 2.05) is 186 Å². The fourth-order valence-corrected chi connectivity index (χ4v) is 15.8. The number of halogens is 4. The minimum absolute atomic E-state index is 0.00179. The van der Waals surface area contributed by atoms with Gasteiger partial charge in [0.05, 0.1) is 69.7 Å². The number of benzene rings is 6. The first kappa shape index (κ1) is 90.7.